The minimum atomic E-state index is -4.40. The molecule has 3 aromatic heterocycles. The predicted molar refractivity (Wildman–Crippen MR) is 156 cm³/mol. The molecule has 1 aromatic carbocycles. The maximum Gasteiger partial charge on any atom is 0.307 e. The van der Waals surface area contributed by atoms with E-state index < -0.39 is 38.4 Å². The van der Waals surface area contributed by atoms with E-state index in [1.54, 1.807) is 26.0 Å². The minimum absolute atomic E-state index is 0.0258. The van der Waals surface area contributed by atoms with Gasteiger partial charge in [0.05, 0.1) is 40.8 Å². The largest absolute Gasteiger partial charge is 0.466 e. The van der Waals surface area contributed by atoms with Gasteiger partial charge < -0.3 is 15.0 Å². The normalized spacial score (nSPS) is 15.3. The van der Waals surface area contributed by atoms with E-state index in [0.29, 0.717) is 0 Å². The number of pyridine rings is 2. The summed E-state index contributed by atoms with van der Waals surface area (Å²) in [6, 6.07) is 8.34. The summed E-state index contributed by atoms with van der Waals surface area (Å²) in [5.74, 6) is -2.58. The number of sulfone groups is 1. The first kappa shape index (κ1) is 30.1. The van der Waals surface area contributed by atoms with Gasteiger partial charge in [0.25, 0.3) is 0 Å². The second-order valence-electron chi connectivity index (χ2n) is 11.1. The minimum Gasteiger partial charge on any atom is -0.466 e. The summed E-state index contributed by atoms with van der Waals surface area (Å²) in [6.45, 7) is 5.73. The number of nitrogens with one attached hydrogen (secondary N) is 2. The zero-order chi connectivity index (χ0) is 30.9. The number of hydrogen-bond donors (Lipinski definition) is 2. The van der Waals surface area contributed by atoms with Crippen molar-refractivity contribution in [2.75, 3.05) is 11.9 Å². The van der Waals surface area contributed by atoms with Gasteiger partial charge in [-0.2, -0.15) is 5.26 Å². The third-order valence-corrected chi connectivity index (χ3v) is 9.97. The van der Waals surface area contributed by atoms with Crippen LogP contribution in [0.1, 0.15) is 57.1 Å². The first-order valence-electron chi connectivity index (χ1n) is 14.0. The number of benzene rings is 1. The summed E-state index contributed by atoms with van der Waals surface area (Å²) in [5, 5.41) is 12.9. The number of rotatable bonds is 9. The number of fused-ring (bicyclic) bond motifs is 1. The maximum atomic E-state index is 15.4. The van der Waals surface area contributed by atoms with Crippen LogP contribution in [0.5, 0.6) is 0 Å². The Hall–Kier alpha value is -4.37. The van der Waals surface area contributed by atoms with Gasteiger partial charge in [-0.1, -0.05) is 37.5 Å². The van der Waals surface area contributed by atoms with Crippen LogP contribution in [0.2, 0.25) is 0 Å². The highest BCUT2D eigenvalue weighted by Crippen LogP contribution is 2.44. The monoisotopic (exact) mass is 607 g/mol. The summed E-state index contributed by atoms with van der Waals surface area (Å²) in [6.07, 6.45) is 5.68. The lowest BCUT2D eigenvalue weighted by Gasteiger charge is -2.34. The van der Waals surface area contributed by atoms with Crippen molar-refractivity contribution in [3.63, 3.8) is 0 Å². The number of carbonyl (C=O) groups is 1. The fourth-order valence-corrected chi connectivity index (χ4v) is 7.28. The number of aryl methyl sites for hydroxylation is 1. The van der Waals surface area contributed by atoms with E-state index in [9.17, 15) is 18.5 Å². The van der Waals surface area contributed by atoms with Gasteiger partial charge in [0.15, 0.2) is 17.5 Å². The molecule has 0 amide bonds. The summed E-state index contributed by atoms with van der Waals surface area (Å²) < 4.78 is 63.5. The van der Waals surface area contributed by atoms with Crippen molar-refractivity contribution < 1.29 is 26.7 Å². The van der Waals surface area contributed by atoms with Gasteiger partial charge in [-0.15, -0.1) is 0 Å². The first-order chi connectivity index (χ1) is 20.5. The Morgan fingerprint density at radius 3 is 2.56 bits per heavy atom. The van der Waals surface area contributed by atoms with E-state index in [4.69, 9.17) is 4.74 Å². The number of carbonyl (C=O) groups excluding carboxylic acids is 1. The lowest BCUT2D eigenvalue weighted by Crippen LogP contribution is -2.39. The van der Waals surface area contributed by atoms with Gasteiger partial charge in [-0.3, -0.25) is 4.79 Å². The fraction of sp³-hybridized carbons (Fsp3) is 0.355. The molecular weight excluding hydrogens is 576 g/mol. The molecule has 0 aliphatic heterocycles. The molecule has 1 fully saturated rings. The zero-order valence-electron chi connectivity index (χ0n) is 24.0. The lowest BCUT2D eigenvalue weighted by molar-refractivity contribution is -0.144. The Morgan fingerprint density at radius 2 is 1.91 bits per heavy atom. The van der Waals surface area contributed by atoms with Crippen molar-refractivity contribution in [1.82, 2.24) is 15.0 Å². The van der Waals surface area contributed by atoms with Crippen LogP contribution < -0.4 is 5.32 Å². The molecule has 0 unspecified atom stereocenters. The predicted octanol–water partition coefficient (Wildman–Crippen LogP) is 6.23. The molecular formula is C31H31F2N5O4S. The lowest BCUT2D eigenvalue weighted by atomic mass is 9.79. The molecule has 43 heavy (non-hydrogen) atoms. The van der Waals surface area contributed by atoms with E-state index in [2.05, 4.69) is 20.3 Å². The van der Waals surface area contributed by atoms with Crippen LogP contribution in [0.4, 0.5) is 14.6 Å². The Labute approximate surface area is 248 Å². The van der Waals surface area contributed by atoms with E-state index in [0.717, 1.165) is 43.5 Å². The molecule has 1 aliphatic rings. The average molecular weight is 608 g/mol. The van der Waals surface area contributed by atoms with E-state index in [1.807, 2.05) is 13.0 Å². The summed E-state index contributed by atoms with van der Waals surface area (Å²) >= 11 is 0. The van der Waals surface area contributed by atoms with Gasteiger partial charge in [-0.25, -0.2) is 27.2 Å². The van der Waals surface area contributed by atoms with Crippen LogP contribution in [-0.2, 0) is 19.4 Å². The van der Waals surface area contributed by atoms with E-state index in [-0.39, 0.29) is 57.0 Å². The van der Waals surface area contributed by atoms with Crippen LogP contribution >= 0.6 is 0 Å². The number of H-pyrrole nitrogens is 1. The number of aromatic amines is 1. The average Bonchev–Trinajstić information content (AvgIpc) is 3.60. The molecule has 224 valence electrons. The maximum absolute atomic E-state index is 15.4. The van der Waals surface area contributed by atoms with Crippen molar-refractivity contribution in [1.29, 1.82) is 5.26 Å². The number of aromatic nitrogens is 3. The number of esters is 1. The van der Waals surface area contributed by atoms with Crippen LogP contribution in [0.15, 0.2) is 52.5 Å². The third kappa shape index (κ3) is 5.69. The summed E-state index contributed by atoms with van der Waals surface area (Å²) in [4.78, 5) is 23.0. The van der Waals surface area contributed by atoms with Gasteiger partial charge in [-0.05, 0) is 50.3 Å². The summed E-state index contributed by atoms with van der Waals surface area (Å²) in [7, 11) is -4.40. The van der Waals surface area contributed by atoms with Crippen LogP contribution in [0, 0.1) is 35.3 Å². The quantitative estimate of drug-likeness (QED) is 0.214. The van der Waals surface area contributed by atoms with Gasteiger partial charge >= 0.3 is 5.97 Å². The van der Waals surface area contributed by atoms with Crippen molar-refractivity contribution in [2.45, 2.75) is 68.7 Å². The standard InChI is InChI=1S/C31H31F2N5O4S/c1-4-42-25(39)14-24(31(3)11-5-6-12-31)37-29-22(32)13-19(15-34)27(38-29)21-16-35-30-26(21)28(23(33)17-36-30)43(40,41)20-9-7-18(2)8-10-20/h7-10,13,16-17,24H,4-6,11-12,14H2,1-3H3,(H,35,36)(H,37,38)/t24-/m1/s1. The van der Waals surface area contributed by atoms with Crippen LogP contribution in [0.25, 0.3) is 22.3 Å². The van der Waals surface area contributed by atoms with E-state index in [1.165, 1.54) is 18.3 Å². The molecule has 3 heterocycles. The Kier molecular flexibility index (Phi) is 8.21. The highest BCUT2D eigenvalue weighted by molar-refractivity contribution is 7.91. The second-order valence-corrected chi connectivity index (χ2v) is 13.0. The molecule has 9 nitrogen and oxygen atoms in total. The molecule has 0 bridgehead atoms. The molecule has 12 heteroatoms. The van der Waals surface area contributed by atoms with Crippen molar-refractivity contribution in [3.05, 3.63) is 65.5 Å². The molecule has 2 N–H and O–H groups in total. The second kappa shape index (κ2) is 11.7. The molecule has 1 aliphatic carbocycles. The SMILES string of the molecule is CCOC(=O)C[C@@H](Nc1nc(-c2c[nH]c3ncc(F)c(S(=O)(=O)c4ccc(C)cc4)c23)c(C#N)cc1F)C1(C)CCCC1. The van der Waals surface area contributed by atoms with Gasteiger partial charge in [0, 0.05) is 17.8 Å². The van der Waals surface area contributed by atoms with Crippen molar-refractivity contribution in [2.24, 2.45) is 5.41 Å². The number of nitriles is 1. The number of halogens is 2. The first-order valence-corrected chi connectivity index (χ1v) is 15.5. The smallest absolute Gasteiger partial charge is 0.307 e. The van der Waals surface area contributed by atoms with Gasteiger partial charge in [0.2, 0.25) is 9.84 Å². The molecule has 0 saturated heterocycles. The summed E-state index contributed by atoms with van der Waals surface area (Å²) in [5.41, 5.74) is 0.311. The molecule has 0 radical (unpaired) electrons. The Bertz CT molecular complexity index is 1840. The van der Waals surface area contributed by atoms with Crippen molar-refractivity contribution in [3.8, 4) is 17.3 Å². The zero-order valence-corrected chi connectivity index (χ0v) is 24.8. The highest BCUT2D eigenvalue weighted by atomic mass is 32.2. The molecule has 1 atom stereocenters. The molecule has 0 spiro atoms. The number of nitrogens with zero attached hydrogens (tertiary/aromatic N) is 3. The van der Waals surface area contributed by atoms with Crippen LogP contribution in [-0.4, -0.2) is 42.0 Å². The molecule has 5 rings (SSSR count). The fourth-order valence-electron chi connectivity index (χ4n) is 5.76. The van der Waals surface area contributed by atoms with Gasteiger partial charge in [0.1, 0.15) is 16.6 Å². The molecule has 1 saturated carbocycles. The van der Waals surface area contributed by atoms with E-state index >= 15 is 8.78 Å². The highest BCUT2D eigenvalue weighted by Gasteiger charge is 2.39. The third-order valence-electron chi connectivity index (χ3n) is 8.14. The Morgan fingerprint density at radius 1 is 1.21 bits per heavy atom. The van der Waals surface area contributed by atoms with Crippen molar-refractivity contribution >= 4 is 32.7 Å². The molecule has 4 aromatic rings. The topological polar surface area (TPSA) is 138 Å². The number of hydrogen-bond acceptors (Lipinski definition) is 8. The van der Waals surface area contributed by atoms with Crippen LogP contribution in [0.3, 0.4) is 0 Å². The Balaban J connectivity index is 1.66. The number of anilines is 1. The number of ether oxygens (including phenoxy) is 1.